The number of hydrogen-bond acceptors (Lipinski definition) is 4. The van der Waals surface area contributed by atoms with Crippen LogP contribution in [-0.2, 0) is 6.54 Å². The quantitative estimate of drug-likeness (QED) is 0.731. The van der Waals surface area contributed by atoms with Crippen molar-refractivity contribution in [2.45, 2.75) is 44.4 Å². The fourth-order valence-electron chi connectivity index (χ4n) is 2.20. The first kappa shape index (κ1) is 13.0. The standard InChI is InChI=1S/C13H19N3O2/c14-7-9-5-6-11(15-8-9)13(18)16-10-3-1-2-4-12(10)17/h5-6,8,10,12,17H,1-4,7,14H2,(H,16,18). The molecule has 0 radical (unpaired) electrons. The summed E-state index contributed by atoms with van der Waals surface area (Å²) in [5.41, 5.74) is 6.73. The van der Waals surface area contributed by atoms with E-state index in [1.54, 1.807) is 18.3 Å². The highest BCUT2D eigenvalue weighted by atomic mass is 16.3. The topological polar surface area (TPSA) is 88.2 Å². The maximum absolute atomic E-state index is 11.9. The van der Waals surface area contributed by atoms with Gasteiger partial charge in [0.25, 0.3) is 5.91 Å². The van der Waals surface area contributed by atoms with Gasteiger partial charge in [-0.3, -0.25) is 9.78 Å². The predicted molar refractivity (Wildman–Crippen MR) is 67.9 cm³/mol. The summed E-state index contributed by atoms with van der Waals surface area (Å²) in [5.74, 6) is -0.232. The van der Waals surface area contributed by atoms with Gasteiger partial charge in [-0.2, -0.15) is 0 Å². The summed E-state index contributed by atoms with van der Waals surface area (Å²) in [6, 6.07) is 3.30. The number of amides is 1. The molecule has 1 aromatic heterocycles. The van der Waals surface area contributed by atoms with Crippen LogP contribution in [0.25, 0.3) is 0 Å². The molecule has 1 aromatic rings. The zero-order chi connectivity index (χ0) is 13.0. The Morgan fingerprint density at radius 1 is 1.44 bits per heavy atom. The fourth-order valence-corrected chi connectivity index (χ4v) is 2.20. The fraction of sp³-hybridized carbons (Fsp3) is 0.538. The lowest BCUT2D eigenvalue weighted by Crippen LogP contribution is -2.45. The van der Waals surface area contributed by atoms with E-state index in [1.807, 2.05) is 0 Å². The minimum atomic E-state index is -0.439. The van der Waals surface area contributed by atoms with E-state index < -0.39 is 6.10 Å². The molecule has 1 fully saturated rings. The molecule has 4 N–H and O–H groups in total. The molecule has 0 saturated heterocycles. The van der Waals surface area contributed by atoms with Gasteiger partial charge in [0.2, 0.25) is 0 Å². The highest BCUT2D eigenvalue weighted by Crippen LogP contribution is 2.18. The number of nitrogens with two attached hydrogens (primary N) is 1. The molecular formula is C13H19N3O2. The molecule has 2 unspecified atom stereocenters. The van der Waals surface area contributed by atoms with E-state index in [2.05, 4.69) is 10.3 Å². The number of nitrogens with one attached hydrogen (secondary N) is 1. The maximum atomic E-state index is 11.9. The summed E-state index contributed by atoms with van der Waals surface area (Å²) in [6.07, 6.45) is 4.81. The van der Waals surface area contributed by atoms with Gasteiger partial charge in [-0.25, -0.2) is 0 Å². The Kier molecular flexibility index (Phi) is 4.28. The third-order valence-electron chi connectivity index (χ3n) is 3.34. The molecule has 1 aliphatic carbocycles. The number of nitrogens with zero attached hydrogens (tertiary/aromatic N) is 1. The van der Waals surface area contributed by atoms with Gasteiger partial charge in [-0.05, 0) is 24.5 Å². The van der Waals surface area contributed by atoms with Crippen LogP contribution in [0.1, 0.15) is 41.7 Å². The Morgan fingerprint density at radius 2 is 2.22 bits per heavy atom. The minimum absolute atomic E-state index is 0.151. The van der Waals surface area contributed by atoms with Gasteiger partial charge < -0.3 is 16.2 Å². The van der Waals surface area contributed by atoms with Crippen LogP contribution in [-0.4, -0.2) is 28.1 Å². The van der Waals surface area contributed by atoms with E-state index in [0.717, 1.165) is 31.2 Å². The second-order valence-corrected chi connectivity index (χ2v) is 4.69. The van der Waals surface area contributed by atoms with Crippen molar-refractivity contribution in [2.75, 3.05) is 0 Å². The molecule has 5 nitrogen and oxygen atoms in total. The Morgan fingerprint density at radius 3 is 2.83 bits per heavy atom. The second-order valence-electron chi connectivity index (χ2n) is 4.69. The highest BCUT2D eigenvalue weighted by Gasteiger charge is 2.25. The summed E-state index contributed by atoms with van der Waals surface area (Å²) in [5, 5.41) is 12.6. The van der Waals surface area contributed by atoms with Gasteiger partial charge in [0.05, 0.1) is 12.1 Å². The van der Waals surface area contributed by atoms with Gasteiger partial charge >= 0.3 is 0 Å². The van der Waals surface area contributed by atoms with Crippen molar-refractivity contribution in [3.05, 3.63) is 29.6 Å². The number of aliphatic hydroxyl groups is 1. The molecule has 5 heteroatoms. The van der Waals surface area contributed by atoms with Crippen LogP contribution in [0, 0.1) is 0 Å². The lowest BCUT2D eigenvalue weighted by atomic mass is 9.92. The van der Waals surface area contributed by atoms with E-state index in [0.29, 0.717) is 12.2 Å². The molecule has 1 aliphatic rings. The molecule has 1 heterocycles. The van der Waals surface area contributed by atoms with Crippen molar-refractivity contribution >= 4 is 5.91 Å². The molecule has 0 aliphatic heterocycles. The zero-order valence-corrected chi connectivity index (χ0v) is 10.3. The largest absolute Gasteiger partial charge is 0.391 e. The third kappa shape index (κ3) is 3.05. The van der Waals surface area contributed by atoms with Crippen LogP contribution in [0.3, 0.4) is 0 Å². The van der Waals surface area contributed by atoms with Crippen molar-refractivity contribution in [3.63, 3.8) is 0 Å². The van der Waals surface area contributed by atoms with Gasteiger partial charge in [0, 0.05) is 12.7 Å². The lowest BCUT2D eigenvalue weighted by Gasteiger charge is -2.28. The van der Waals surface area contributed by atoms with E-state index >= 15 is 0 Å². The Bertz CT molecular complexity index is 405. The van der Waals surface area contributed by atoms with E-state index in [-0.39, 0.29) is 11.9 Å². The number of carbonyl (C=O) groups excluding carboxylic acids is 1. The van der Waals surface area contributed by atoms with Crippen LogP contribution in [0.15, 0.2) is 18.3 Å². The molecule has 0 spiro atoms. The normalized spacial score (nSPS) is 23.7. The summed E-state index contributed by atoms with van der Waals surface area (Å²) in [7, 11) is 0. The van der Waals surface area contributed by atoms with Crippen LogP contribution >= 0.6 is 0 Å². The maximum Gasteiger partial charge on any atom is 0.270 e. The SMILES string of the molecule is NCc1ccc(C(=O)NC2CCCCC2O)nc1. The van der Waals surface area contributed by atoms with Crippen molar-refractivity contribution < 1.29 is 9.90 Å². The van der Waals surface area contributed by atoms with Crippen molar-refractivity contribution in [1.82, 2.24) is 10.3 Å². The monoisotopic (exact) mass is 249 g/mol. The molecule has 18 heavy (non-hydrogen) atoms. The highest BCUT2D eigenvalue weighted by molar-refractivity contribution is 5.92. The van der Waals surface area contributed by atoms with Crippen molar-refractivity contribution in [1.29, 1.82) is 0 Å². The van der Waals surface area contributed by atoms with Crippen LogP contribution < -0.4 is 11.1 Å². The van der Waals surface area contributed by atoms with Gasteiger partial charge in [-0.15, -0.1) is 0 Å². The first-order chi connectivity index (χ1) is 8.70. The Labute approximate surface area is 106 Å². The first-order valence-electron chi connectivity index (χ1n) is 6.34. The van der Waals surface area contributed by atoms with Crippen molar-refractivity contribution in [3.8, 4) is 0 Å². The Balaban J connectivity index is 1.97. The van der Waals surface area contributed by atoms with Gasteiger partial charge in [0.15, 0.2) is 0 Å². The first-order valence-corrected chi connectivity index (χ1v) is 6.34. The number of carbonyl (C=O) groups is 1. The summed E-state index contributed by atoms with van der Waals surface area (Å²) in [4.78, 5) is 16.0. The number of rotatable bonds is 3. The molecule has 1 amide bonds. The summed E-state index contributed by atoms with van der Waals surface area (Å²) >= 11 is 0. The average Bonchev–Trinajstić information content (AvgIpc) is 2.41. The Hall–Kier alpha value is -1.46. The molecule has 0 bridgehead atoms. The number of aromatic nitrogens is 1. The van der Waals surface area contributed by atoms with Crippen LogP contribution in [0.5, 0.6) is 0 Å². The van der Waals surface area contributed by atoms with Crippen molar-refractivity contribution in [2.24, 2.45) is 5.73 Å². The third-order valence-corrected chi connectivity index (χ3v) is 3.34. The number of hydrogen-bond donors (Lipinski definition) is 3. The lowest BCUT2D eigenvalue weighted by molar-refractivity contribution is 0.0714. The molecule has 0 aromatic carbocycles. The molecular weight excluding hydrogens is 230 g/mol. The van der Waals surface area contributed by atoms with Crippen LogP contribution in [0.2, 0.25) is 0 Å². The average molecular weight is 249 g/mol. The number of pyridine rings is 1. The van der Waals surface area contributed by atoms with Crippen LogP contribution in [0.4, 0.5) is 0 Å². The molecule has 2 atom stereocenters. The smallest absolute Gasteiger partial charge is 0.270 e. The summed E-state index contributed by atoms with van der Waals surface area (Å²) < 4.78 is 0. The zero-order valence-electron chi connectivity index (χ0n) is 10.3. The van der Waals surface area contributed by atoms with E-state index in [1.165, 1.54) is 0 Å². The number of aliphatic hydroxyl groups excluding tert-OH is 1. The minimum Gasteiger partial charge on any atom is -0.391 e. The van der Waals surface area contributed by atoms with E-state index in [9.17, 15) is 9.90 Å². The predicted octanol–water partition coefficient (Wildman–Crippen LogP) is 0.574. The molecule has 2 rings (SSSR count). The second kappa shape index (κ2) is 5.93. The van der Waals surface area contributed by atoms with E-state index in [4.69, 9.17) is 5.73 Å². The molecule has 98 valence electrons. The van der Waals surface area contributed by atoms with Gasteiger partial charge in [0.1, 0.15) is 5.69 Å². The summed E-state index contributed by atoms with van der Waals surface area (Å²) in [6.45, 7) is 0.413. The van der Waals surface area contributed by atoms with Gasteiger partial charge in [-0.1, -0.05) is 18.9 Å². The molecule has 1 saturated carbocycles.